The fraction of sp³-hybridized carbons (Fsp3) is 0.400. The molecule has 2 aromatic rings. The number of nitrogens with zero attached hydrogens (tertiary/aromatic N) is 1. The molecule has 0 spiro atoms. The van der Waals surface area contributed by atoms with Crippen LogP contribution >= 0.6 is 0 Å². The van der Waals surface area contributed by atoms with Crippen molar-refractivity contribution in [3.05, 3.63) is 59.7 Å². The molecule has 1 aliphatic heterocycles. The fourth-order valence-electron chi connectivity index (χ4n) is 4.28. The monoisotopic (exact) mass is 421 g/mol. The molecule has 162 valence electrons. The third-order valence-electron chi connectivity index (χ3n) is 6.02. The molecule has 0 unspecified atom stereocenters. The first-order valence-corrected chi connectivity index (χ1v) is 10.9. The van der Waals surface area contributed by atoms with Gasteiger partial charge in [-0.15, -0.1) is 0 Å². The maximum absolute atomic E-state index is 12.4. The van der Waals surface area contributed by atoms with E-state index in [1.165, 1.54) is 42.6 Å². The second-order valence-electron chi connectivity index (χ2n) is 8.09. The summed E-state index contributed by atoms with van der Waals surface area (Å²) in [7, 11) is 0. The van der Waals surface area contributed by atoms with Crippen molar-refractivity contribution in [3.8, 4) is 5.75 Å². The third-order valence-corrected chi connectivity index (χ3v) is 6.02. The molecule has 6 heteroatoms. The van der Waals surface area contributed by atoms with Gasteiger partial charge in [0.05, 0.1) is 12.1 Å². The smallest absolute Gasteiger partial charge is 0.308 e. The third kappa shape index (κ3) is 5.13. The lowest BCUT2D eigenvalue weighted by Gasteiger charge is -2.28. The Hall–Kier alpha value is -3.15. The van der Waals surface area contributed by atoms with Crippen molar-refractivity contribution in [2.75, 3.05) is 24.7 Å². The zero-order valence-corrected chi connectivity index (χ0v) is 17.5. The van der Waals surface area contributed by atoms with Crippen molar-refractivity contribution in [3.63, 3.8) is 0 Å². The van der Waals surface area contributed by atoms with Gasteiger partial charge in [0, 0.05) is 12.1 Å². The summed E-state index contributed by atoms with van der Waals surface area (Å²) < 4.78 is 10.6. The van der Waals surface area contributed by atoms with E-state index in [0.29, 0.717) is 22.9 Å². The summed E-state index contributed by atoms with van der Waals surface area (Å²) in [5.74, 6) is 0.256. The lowest BCUT2D eigenvalue weighted by molar-refractivity contribution is -0.142. The molecule has 1 saturated carbocycles. The number of carbonyl (C=O) groups excluding carboxylic acids is 3. The maximum atomic E-state index is 12.4. The van der Waals surface area contributed by atoms with Crippen LogP contribution in [0.25, 0.3) is 0 Å². The minimum absolute atomic E-state index is 0.00791. The van der Waals surface area contributed by atoms with Gasteiger partial charge in [0.1, 0.15) is 5.75 Å². The van der Waals surface area contributed by atoms with Crippen LogP contribution in [0.3, 0.4) is 0 Å². The van der Waals surface area contributed by atoms with Crippen LogP contribution in [0.4, 0.5) is 5.69 Å². The van der Waals surface area contributed by atoms with E-state index in [2.05, 4.69) is 0 Å². The highest BCUT2D eigenvalue weighted by Crippen LogP contribution is 2.33. The zero-order chi connectivity index (χ0) is 21.6. The maximum Gasteiger partial charge on any atom is 0.308 e. The van der Waals surface area contributed by atoms with Crippen LogP contribution in [0.5, 0.6) is 5.75 Å². The van der Waals surface area contributed by atoms with Crippen LogP contribution in [-0.4, -0.2) is 37.4 Å². The van der Waals surface area contributed by atoms with E-state index in [9.17, 15) is 14.4 Å². The number of benzene rings is 2. The Balaban J connectivity index is 1.26. The van der Waals surface area contributed by atoms with Gasteiger partial charge in [0.15, 0.2) is 19.0 Å². The van der Waals surface area contributed by atoms with Crippen molar-refractivity contribution in [1.29, 1.82) is 0 Å². The molecule has 1 aliphatic carbocycles. The Morgan fingerprint density at radius 3 is 2.52 bits per heavy atom. The summed E-state index contributed by atoms with van der Waals surface area (Å²) in [6, 6.07) is 14.9. The summed E-state index contributed by atoms with van der Waals surface area (Å²) in [5, 5.41) is 0. The van der Waals surface area contributed by atoms with Crippen LogP contribution in [0.2, 0.25) is 0 Å². The van der Waals surface area contributed by atoms with Crippen LogP contribution in [0, 0.1) is 0 Å². The highest BCUT2D eigenvalue weighted by Gasteiger charge is 2.25. The minimum Gasteiger partial charge on any atom is -0.482 e. The average Bonchev–Trinajstić information content (AvgIpc) is 2.82. The molecule has 1 fully saturated rings. The molecular formula is C25H27NO5. The number of amides is 1. The Kier molecular flexibility index (Phi) is 6.65. The Morgan fingerprint density at radius 1 is 1.00 bits per heavy atom. The number of para-hydroxylation sites is 2. The summed E-state index contributed by atoms with van der Waals surface area (Å²) in [5.41, 5.74) is 2.47. The van der Waals surface area contributed by atoms with Gasteiger partial charge in [-0.2, -0.15) is 0 Å². The van der Waals surface area contributed by atoms with Crippen molar-refractivity contribution in [2.45, 2.75) is 44.4 Å². The van der Waals surface area contributed by atoms with E-state index in [1.807, 2.05) is 36.4 Å². The molecule has 4 rings (SSSR count). The number of ether oxygens (including phenoxy) is 2. The quantitative estimate of drug-likeness (QED) is 0.493. The lowest BCUT2D eigenvalue weighted by Crippen LogP contribution is -2.40. The molecule has 1 heterocycles. The number of hydrogen-bond acceptors (Lipinski definition) is 5. The van der Waals surface area contributed by atoms with Crippen LogP contribution < -0.4 is 9.64 Å². The minimum atomic E-state index is -0.510. The predicted octanol–water partition coefficient (Wildman–Crippen LogP) is 4.28. The fourth-order valence-corrected chi connectivity index (χ4v) is 4.28. The number of ketones is 1. The van der Waals surface area contributed by atoms with Gasteiger partial charge < -0.3 is 14.4 Å². The van der Waals surface area contributed by atoms with Gasteiger partial charge in [-0.05, 0) is 36.5 Å². The van der Waals surface area contributed by atoms with Gasteiger partial charge in [0.2, 0.25) is 0 Å². The van der Waals surface area contributed by atoms with Gasteiger partial charge in [-0.1, -0.05) is 55.7 Å². The average molecular weight is 421 g/mol. The summed E-state index contributed by atoms with van der Waals surface area (Å²) in [6.45, 7) is -0.168. The van der Waals surface area contributed by atoms with E-state index in [0.717, 1.165) is 0 Å². The number of Topliss-reactive ketones (excluding diaryl/α,β-unsaturated/α-hetero) is 1. The molecular weight excluding hydrogens is 394 g/mol. The van der Waals surface area contributed by atoms with E-state index < -0.39 is 5.97 Å². The molecule has 6 nitrogen and oxygen atoms in total. The number of fused-ring (bicyclic) bond motifs is 1. The first-order valence-electron chi connectivity index (χ1n) is 10.9. The summed E-state index contributed by atoms with van der Waals surface area (Å²) >= 11 is 0. The molecule has 0 aromatic heterocycles. The molecule has 0 saturated heterocycles. The number of esters is 1. The highest BCUT2D eigenvalue weighted by molar-refractivity contribution is 5.99. The largest absolute Gasteiger partial charge is 0.482 e. The van der Waals surface area contributed by atoms with E-state index >= 15 is 0 Å². The van der Waals surface area contributed by atoms with E-state index in [1.54, 1.807) is 12.1 Å². The molecule has 31 heavy (non-hydrogen) atoms. The first-order chi connectivity index (χ1) is 15.1. The SMILES string of the molecule is O=C(CCN1C(=O)COc2ccccc21)OCC(=O)c1ccc(C2CCCCC2)cc1. The topological polar surface area (TPSA) is 72.9 Å². The van der Waals surface area contributed by atoms with Gasteiger partial charge in [-0.25, -0.2) is 0 Å². The molecule has 1 amide bonds. The van der Waals surface area contributed by atoms with Crippen LogP contribution in [-0.2, 0) is 14.3 Å². The lowest BCUT2D eigenvalue weighted by atomic mass is 9.84. The zero-order valence-electron chi connectivity index (χ0n) is 17.5. The number of rotatable bonds is 7. The number of carbonyl (C=O) groups is 3. The van der Waals surface area contributed by atoms with Crippen molar-refractivity contribution < 1.29 is 23.9 Å². The molecule has 0 bridgehead atoms. The van der Waals surface area contributed by atoms with E-state index in [4.69, 9.17) is 9.47 Å². The highest BCUT2D eigenvalue weighted by atomic mass is 16.5. The molecule has 0 atom stereocenters. The van der Waals surface area contributed by atoms with Crippen molar-refractivity contribution in [2.24, 2.45) is 0 Å². The normalized spacial score (nSPS) is 16.4. The Bertz CT molecular complexity index is 947. The van der Waals surface area contributed by atoms with Crippen molar-refractivity contribution >= 4 is 23.3 Å². The summed E-state index contributed by atoms with van der Waals surface area (Å²) in [4.78, 5) is 38.2. The van der Waals surface area contributed by atoms with Crippen LogP contribution in [0.15, 0.2) is 48.5 Å². The second-order valence-corrected chi connectivity index (χ2v) is 8.09. The Labute approximate surface area is 182 Å². The standard InChI is InChI=1S/C25H27NO5/c27-22(20-12-10-19(11-13-20)18-6-2-1-3-7-18)16-31-25(29)14-15-26-21-8-4-5-9-23(21)30-17-24(26)28/h4-5,8-13,18H,1-3,6-7,14-17H2. The van der Waals surface area contributed by atoms with E-state index in [-0.39, 0.29) is 37.9 Å². The molecule has 2 aliphatic rings. The predicted molar refractivity (Wildman–Crippen MR) is 116 cm³/mol. The molecule has 0 radical (unpaired) electrons. The molecule has 2 aromatic carbocycles. The molecule has 0 N–H and O–H groups in total. The van der Waals surface area contributed by atoms with Crippen LogP contribution in [0.1, 0.15) is 60.4 Å². The first kappa shape index (κ1) is 21.1. The van der Waals surface area contributed by atoms with Gasteiger partial charge in [-0.3, -0.25) is 14.4 Å². The van der Waals surface area contributed by atoms with Crippen molar-refractivity contribution in [1.82, 2.24) is 0 Å². The van der Waals surface area contributed by atoms with Gasteiger partial charge in [0.25, 0.3) is 5.91 Å². The number of hydrogen-bond donors (Lipinski definition) is 0. The number of anilines is 1. The summed E-state index contributed by atoms with van der Waals surface area (Å²) in [6.07, 6.45) is 6.27. The van der Waals surface area contributed by atoms with Gasteiger partial charge >= 0.3 is 5.97 Å². The second kappa shape index (κ2) is 9.77. The Morgan fingerprint density at radius 2 is 1.74 bits per heavy atom.